The van der Waals surface area contributed by atoms with E-state index in [1.165, 1.54) is 5.56 Å². The summed E-state index contributed by atoms with van der Waals surface area (Å²) in [5.74, 6) is -0.0631. The summed E-state index contributed by atoms with van der Waals surface area (Å²) in [5, 5.41) is 3.97. The smallest absolute Gasteiger partial charge is 0.210 e. The number of carbonyl (C=O) groups excluding carboxylic acids is 1. The van der Waals surface area contributed by atoms with Crippen molar-refractivity contribution < 1.29 is 9.63 Å². The summed E-state index contributed by atoms with van der Waals surface area (Å²) in [6, 6.07) is 17.4. The van der Waals surface area contributed by atoms with Crippen molar-refractivity contribution in [3.05, 3.63) is 70.2 Å². The summed E-state index contributed by atoms with van der Waals surface area (Å²) < 4.78 is 0.883. The Morgan fingerprint density at radius 1 is 1.19 bits per heavy atom. The van der Waals surface area contributed by atoms with Crippen molar-refractivity contribution >= 4 is 27.4 Å². The number of ketones is 1. The number of halogens is 1. The molecule has 2 aromatic rings. The van der Waals surface area contributed by atoms with E-state index < -0.39 is 0 Å². The molecule has 3 rings (SSSR count). The first kappa shape index (κ1) is 14.0. The van der Waals surface area contributed by atoms with E-state index in [9.17, 15) is 4.79 Å². The van der Waals surface area contributed by atoms with Crippen LogP contribution in [0.1, 0.15) is 22.3 Å². The Kier molecular flexibility index (Phi) is 4.15. The van der Waals surface area contributed by atoms with Crippen molar-refractivity contribution in [1.82, 2.24) is 0 Å². The fraction of sp³-hybridized carbons (Fsp3) is 0.176. The average molecular weight is 344 g/mol. The molecular formula is C17H14BrNO2. The number of oxime groups is 1. The van der Waals surface area contributed by atoms with Crippen molar-refractivity contribution in [3.8, 4) is 0 Å². The van der Waals surface area contributed by atoms with E-state index in [0.717, 1.165) is 10.9 Å². The van der Waals surface area contributed by atoms with Crippen LogP contribution in [-0.2, 0) is 11.3 Å². The largest absolute Gasteiger partial charge is 0.391 e. The third kappa shape index (κ3) is 3.39. The third-order valence-electron chi connectivity index (χ3n) is 3.39. The molecule has 0 aliphatic carbocycles. The van der Waals surface area contributed by atoms with Gasteiger partial charge >= 0.3 is 0 Å². The minimum absolute atomic E-state index is 0.0569. The first-order valence-electron chi connectivity index (χ1n) is 6.79. The maximum Gasteiger partial charge on any atom is 0.210 e. The van der Waals surface area contributed by atoms with Gasteiger partial charge in [0.1, 0.15) is 11.8 Å². The van der Waals surface area contributed by atoms with Crippen LogP contribution in [0.25, 0.3) is 0 Å². The Bertz CT molecular complexity index is 682. The lowest BCUT2D eigenvalue weighted by atomic mass is 9.99. The zero-order valence-corrected chi connectivity index (χ0v) is 12.9. The van der Waals surface area contributed by atoms with Gasteiger partial charge in [0.15, 0.2) is 0 Å². The van der Waals surface area contributed by atoms with Crippen LogP contribution < -0.4 is 0 Å². The number of Topliss-reactive ketones (excluding diaryl/α,β-unsaturated/α-hetero) is 1. The molecule has 1 atom stereocenters. The van der Waals surface area contributed by atoms with E-state index >= 15 is 0 Å². The van der Waals surface area contributed by atoms with Gasteiger partial charge in [-0.3, -0.25) is 4.79 Å². The maximum atomic E-state index is 12.4. The van der Waals surface area contributed by atoms with E-state index in [0.29, 0.717) is 17.7 Å². The monoisotopic (exact) mass is 343 g/mol. The van der Waals surface area contributed by atoms with Gasteiger partial charge in [-0.25, -0.2) is 0 Å². The fourth-order valence-electron chi connectivity index (χ4n) is 2.35. The molecule has 1 unspecified atom stereocenters. The molecule has 0 amide bonds. The van der Waals surface area contributed by atoms with Gasteiger partial charge in [-0.05, 0) is 17.7 Å². The lowest BCUT2D eigenvalue weighted by Gasteiger charge is -2.07. The van der Waals surface area contributed by atoms with Crippen LogP contribution in [0.2, 0.25) is 0 Å². The van der Waals surface area contributed by atoms with Gasteiger partial charge in [-0.2, -0.15) is 0 Å². The van der Waals surface area contributed by atoms with Crippen molar-refractivity contribution in [1.29, 1.82) is 0 Å². The van der Waals surface area contributed by atoms with Crippen LogP contribution in [0.15, 0.2) is 64.2 Å². The summed E-state index contributed by atoms with van der Waals surface area (Å²) in [5.41, 5.74) is 2.31. The number of nitrogens with zero attached hydrogens (tertiary/aromatic N) is 1. The lowest BCUT2D eigenvalue weighted by molar-refractivity contribution is 0.0858. The molecule has 0 saturated heterocycles. The summed E-state index contributed by atoms with van der Waals surface area (Å²) in [4.78, 5) is 17.8. The van der Waals surface area contributed by atoms with Crippen molar-refractivity contribution in [3.63, 3.8) is 0 Å². The highest BCUT2D eigenvalue weighted by Gasteiger charge is 2.26. The van der Waals surface area contributed by atoms with Gasteiger partial charge in [-0.1, -0.05) is 63.6 Å². The molecule has 1 heterocycles. The maximum absolute atomic E-state index is 12.4. The molecule has 106 valence electrons. The second-order valence-electron chi connectivity index (χ2n) is 5.00. The lowest BCUT2D eigenvalue weighted by Crippen LogP contribution is -2.17. The van der Waals surface area contributed by atoms with E-state index in [1.807, 2.05) is 30.3 Å². The molecule has 0 N–H and O–H groups in total. The van der Waals surface area contributed by atoms with Crippen LogP contribution in [0.3, 0.4) is 0 Å². The molecule has 1 aliphatic heterocycles. The molecule has 0 bridgehead atoms. The number of rotatable bonds is 4. The van der Waals surface area contributed by atoms with E-state index in [4.69, 9.17) is 4.84 Å². The molecular weight excluding hydrogens is 330 g/mol. The van der Waals surface area contributed by atoms with Gasteiger partial charge in [0, 0.05) is 22.9 Å². The number of benzene rings is 2. The molecule has 21 heavy (non-hydrogen) atoms. The van der Waals surface area contributed by atoms with Gasteiger partial charge < -0.3 is 4.84 Å². The number of hydrogen-bond acceptors (Lipinski definition) is 3. The minimum atomic E-state index is -0.0631. The molecule has 4 heteroatoms. The quantitative estimate of drug-likeness (QED) is 0.786. The van der Waals surface area contributed by atoms with Crippen molar-refractivity contribution in [2.75, 3.05) is 0 Å². The van der Waals surface area contributed by atoms with Crippen molar-refractivity contribution in [2.24, 2.45) is 5.16 Å². The van der Waals surface area contributed by atoms with Crippen LogP contribution in [-0.4, -0.2) is 17.6 Å². The van der Waals surface area contributed by atoms with E-state index in [2.05, 4.69) is 33.2 Å². The van der Waals surface area contributed by atoms with E-state index in [1.54, 1.807) is 12.1 Å². The van der Waals surface area contributed by atoms with Crippen molar-refractivity contribution in [2.45, 2.75) is 18.9 Å². The Labute approximate surface area is 131 Å². The predicted molar refractivity (Wildman–Crippen MR) is 85.5 cm³/mol. The van der Waals surface area contributed by atoms with Gasteiger partial charge in [0.25, 0.3) is 0 Å². The minimum Gasteiger partial charge on any atom is -0.391 e. The second-order valence-corrected chi connectivity index (χ2v) is 5.91. The number of carbonyl (C=O) groups is 1. The van der Waals surface area contributed by atoms with Crippen LogP contribution in [0.5, 0.6) is 0 Å². The molecule has 0 saturated carbocycles. The van der Waals surface area contributed by atoms with Crippen LogP contribution in [0, 0.1) is 0 Å². The summed E-state index contributed by atoms with van der Waals surface area (Å²) in [7, 11) is 0. The van der Waals surface area contributed by atoms with Crippen LogP contribution >= 0.6 is 15.9 Å². The van der Waals surface area contributed by atoms with Crippen LogP contribution in [0.4, 0.5) is 0 Å². The third-order valence-corrected chi connectivity index (χ3v) is 3.88. The molecule has 0 spiro atoms. The first-order chi connectivity index (χ1) is 10.2. The Morgan fingerprint density at radius 2 is 2.00 bits per heavy atom. The second kappa shape index (κ2) is 6.22. The average Bonchev–Trinajstić information content (AvgIpc) is 2.96. The van der Waals surface area contributed by atoms with Gasteiger partial charge in [0.2, 0.25) is 5.78 Å². The summed E-state index contributed by atoms with van der Waals surface area (Å²) in [6.07, 6.45) is 1.26. The topological polar surface area (TPSA) is 38.7 Å². The first-order valence-corrected chi connectivity index (χ1v) is 7.58. The molecule has 0 fully saturated rings. The zero-order valence-electron chi connectivity index (χ0n) is 11.3. The SMILES string of the molecule is O=C(C1=NOC(Cc2ccccc2)C1)c1cccc(Br)c1. The molecule has 3 nitrogen and oxygen atoms in total. The Balaban J connectivity index is 1.65. The summed E-state index contributed by atoms with van der Waals surface area (Å²) >= 11 is 3.37. The molecule has 2 aromatic carbocycles. The molecule has 0 aromatic heterocycles. The molecule has 1 aliphatic rings. The highest BCUT2D eigenvalue weighted by molar-refractivity contribution is 9.10. The van der Waals surface area contributed by atoms with E-state index in [-0.39, 0.29) is 11.9 Å². The standard InChI is InChI=1S/C17H14BrNO2/c18-14-8-4-7-13(10-14)17(20)16-11-15(21-19-16)9-12-5-2-1-3-6-12/h1-8,10,15H,9,11H2. The number of hydrogen-bond donors (Lipinski definition) is 0. The Hall–Kier alpha value is -1.94. The highest BCUT2D eigenvalue weighted by Crippen LogP contribution is 2.20. The molecule has 0 radical (unpaired) electrons. The van der Waals surface area contributed by atoms with Gasteiger partial charge in [-0.15, -0.1) is 0 Å². The fourth-order valence-corrected chi connectivity index (χ4v) is 2.74. The normalized spacial score (nSPS) is 17.2. The highest BCUT2D eigenvalue weighted by atomic mass is 79.9. The van der Waals surface area contributed by atoms with Gasteiger partial charge in [0.05, 0.1) is 0 Å². The predicted octanol–water partition coefficient (Wildman–Crippen LogP) is 4.02. The summed E-state index contributed by atoms with van der Waals surface area (Å²) in [6.45, 7) is 0. The Morgan fingerprint density at radius 3 is 2.76 bits per heavy atom. The zero-order chi connectivity index (χ0) is 14.7.